The number of nitrogens with one attached hydrogen (secondary N) is 6. The van der Waals surface area contributed by atoms with Crippen LogP contribution in [-0.2, 0) is 19.6 Å². The lowest BCUT2D eigenvalue weighted by atomic mass is 9.93. The van der Waals surface area contributed by atoms with Crippen LogP contribution in [0.1, 0.15) is 106 Å². The van der Waals surface area contributed by atoms with Crippen molar-refractivity contribution in [2.24, 2.45) is 5.92 Å². The van der Waals surface area contributed by atoms with E-state index in [9.17, 15) is 27.6 Å². The highest BCUT2D eigenvalue weighted by Gasteiger charge is 2.24. The number of rotatable bonds is 19. The maximum atomic E-state index is 14.4. The summed E-state index contributed by atoms with van der Waals surface area (Å²) in [6.07, 6.45) is 15.2. The zero-order valence-electron chi connectivity index (χ0n) is 52.3. The Morgan fingerprint density at radius 2 is 0.732 bits per heavy atom. The van der Waals surface area contributed by atoms with Crippen molar-refractivity contribution in [3.05, 3.63) is 247 Å². The van der Waals surface area contributed by atoms with Crippen molar-refractivity contribution in [2.45, 2.75) is 89.5 Å². The molecule has 3 fully saturated rings. The van der Waals surface area contributed by atoms with E-state index in [0.29, 0.717) is 122 Å². The number of benzene rings is 6. The molecule has 0 spiro atoms. The molecule has 12 aromatic rings. The molecule has 0 radical (unpaired) electrons. The van der Waals surface area contributed by atoms with Gasteiger partial charge in [-0.2, -0.15) is 28.8 Å². The highest BCUT2D eigenvalue weighted by atomic mass is 79.9. The van der Waals surface area contributed by atoms with Gasteiger partial charge in [0.05, 0.1) is 49.1 Å². The molecule has 18 nitrogen and oxygen atoms in total. The minimum absolute atomic E-state index is 0.0202. The number of carbonyl (C=O) groups is 3. The molecule has 6 aromatic heterocycles. The minimum Gasteiger partial charge on any atom is -0.366 e. The molecule has 0 unspecified atom stereocenters. The molecule has 6 heterocycles. The standard InChI is InChI=1S/C25H23BrFN5O.2C24H21BrFN5O/c26-20-15-29-32-23(13-22(31-24(20)32)19-7-3-4-8-21(19)27)28-14-16-9-11-17(12-10-16)25(33)30-18-5-1-2-6-18;25-19-14-28-31-22(12-21(30-23(19)31)18-6-1-2-7-20(18)26)27-13-15-8-10-16(11-9-15)24(32)29-17-4-3-5-17;25-19-14-29-31-22(11-21(30-23(19)31)18-3-1-2-4-20(18)26)27-12-16-7-9-17(10-8-16)24(32)28-13-15-5-6-15/h3-4,7-13,15,18,28H,1-2,5-6,14H2,(H,30,33);1-2,6-12,14,17,27H,3-5,13H2,(H,29,32);1-4,7-11,14-15,27H,5-6,12-13H2,(H,28,32). The van der Waals surface area contributed by atoms with Gasteiger partial charge >= 0.3 is 0 Å². The lowest BCUT2D eigenvalue weighted by Crippen LogP contribution is -2.39. The third-order valence-electron chi connectivity index (χ3n) is 17.2. The van der Waals surface area contributed by atoms with E-state index in [1.165, 1.54) is 50.3 Å². The zero-order valence-corrected chi connectivity index (χ0v) is 57.0. The van der Waals surface area contributed by atoms with Crippen molar-refractivity contribution in [2.75, 3.05) is 22.5 Å². The van der Waals surface area contributed by atoms with Gasteiger partial charge in [0.25, 0.3) is 17.7 Å². The first-order valence-corrected chi connectivity index (χ1v) is 34.4. The van der Waals surface area contributed by atoms with E-state index in [1.807, 2.05) is 72.8 Å². The molecule has 97 heavy (non-hydrogen) atoms. The first kappa shape index (κ1) is 65.9. The van der Waals surface area contributed by atoms with Crippen LogP contribution in [0.15, 0.2) is 196 Å². The molecule has 6 N–H and O–H groups in total. The maximum Gasteiger partial charge on any atom is 0.251 e. The number of anilines is 3. The highest BCUT2D eigenvalue weighted by molar-refractivity contribution is 9.11. The number of nitrogens with zero attached hydrogens (tertiary/aromatic N) is 9. The topological polar surface area (TPSA) is 214 Å². The average molecular weight is 1500 g/mol. The van der Waals surface area contributed by atoms with Gasteiger partial charge in [-0.15, -0.1) is 0 Å². The second-order valence-corrected chi connectivity index (χ2v) is 26.6. The lowest BCUT2D eigenvalue weighted by Gasteiger charge is -2.26. The molecule has 24 heteroatoms. The van der Waals surface area contributed by atoms with Crippen LogP contribution in [0, 0.1) is 23.4 Å². The largest absolute Gasteiger partial charge is 0.366 e. The molecule has 0 saturated heterocycles. The van der Waals surface area contributed by atoms with Crippen molar-refractivity contribution in [3.8, 4) is 33.8 Å². The predicted molar refractivity (Wildman–Crippen MR) is 379 cm³/mol. The number of hydrogen-bond acceptors (Lipinski definition) is 12. The van der Waals surface area contributed by atoms with Gasteiger partial charge in [-0.25, -0.2) is 28.1 Å². The van der Waals surface area contributed by atoms with E-state index in [-0.39, 0.29) is 35.2 Å². The van der Waals surface area contributed by atoms with E-state index in [1.54, 1.807) is 105 Å². The first-order valence-electron chi connectivity index (χ1n) is 32.0. The number of halogens is 6. The van der Waals surface area contributed by atoms with E-state index in [4.69, 9.17) is 0 Å². The fourth-order valence-corrected chi connectivity index (χ4v) is 12.4. The third-order valence-corrected chi connectivity index (χ3v) is 18.9. The molecule has 0 atom stereocenters. The third kappa shape index (κ3) is 15.9. The summed E-state index contributed by atoms with van der Waals surface area (Å²) >= 11 is 10.4. The summed E-state index contributed by atoms with van der Waals surface area (Å²) in [5.74, 6) is 1.63. The molecule has 3 saturated carbocycles. The molecular formula is C73H65Br3F3N15O3. The van der Waals surface area contributed by atoms with Gasteiger partial charge in [-0.05, 0) is 188 Å². The Labute approximate surface area is 581 Å². The highest BCUT2D eigenvalue weighted by Crippen LogP contribution is 2.33. The summed E-state index contributed by atoms with van der Waals surface area (Å²) in [4.78, 5) is 50.7. The van der Waals surface area contributed by atoms with Gasteiger partial charge in [0.15, 0.2) is 16.9 Å². The SMILES string of the molecule is O=C(NC1CCC1)c1ccc(CNc2cc(-c3ccccc3F)nc3c(Br)cnn23)cc1.O=C(NC1CCCC1)c1ccc(CNc2cc(-c3ccccc3F)nc3c(Br)cnn23)cc1.O=C(NCC1CC1)c1ccc(CNc2cc(-c3ccccc3F)nc3c(Br)cnn23)cc1. The predicted octanol–water partition coefficient (Wildman–Crippen LogP) is 15.8. The Hall–Kier alpha value is -9.78. The van der Waals surface area contributed by atoms with Gasteiger partial charge in [0, 0.05) is 89.8 Å². The molecule has 0 aliphatic heterocycles. The average Bonchev–Trinajstić information content (AvgIpc) is 1.67. The van der Waals surface area contributed by atoms with Crippen LogP contribution < -0.4 is 31.9 Å². The molecule has 15 rings (SSSR count). The molecule has 0 bridgehead atoms. The first-order chi connectivity index (χ1) is 47.2. The van der Waals surface area contributed by atoms with Crippen molar-refractivity contribution < 1.29 is 27.6 Å². The normalized spacial score (nSPS) is 13.7. The van der Waals surface area contributed by atoms with Crippen LogP contribution in [0.2, 0.25) is 0 Å². The summed E-state index contributed by atoms with van der Waals surface area (Å²) < 4.78 is 50.3. The second-order valence-electron chi connectivity index (χ2n) is 24.1. The Balaban J connectivity index is 0.000000131. The van der Waals surface area contributed by atoms with Gasteiger partial charge in [-0.3, -0.25) is 14.4 Å². The van der Waals surface area contributed by atoms with E-state index in [0.717, 1.165) is 62.3 Å². The van der Waals surface area contributed by atoms with Crippen LogP contribution >= 0.6 is 47.8 Å². The fourth-order valence-electron chi connectivity index (χ4n) is 11.3. The van der Waals surface area contributed by atoms with Crippen LogP contribution in [0.25, 0.3) is 50.7 Å². The molecular weight excluding hydrogens is 1430 g/mol. The number of amides is 3. The van der Waals surface area contributed by atoms with E-state index < -0.39 is 0 Å². The van der Waals surface area contributed by atoms with E-state index in [2.05, 4.69) is 110 Å². The van der Waals surface area contributed by atoms with Crippen LogP contribution in [0.3, 0.4) is 0 Å². The summed E-state index contributed by atoms with van der Waals surface area (Å²) in [5.41, 5.74) is 9.60. The molecule has 3 aliphatic rings. The maximum absolute atomic E-state index is 14.4. The second kappa shape index (κ2) is 30.1. The van der Waals surface area contributed by atoms with Gasteiger partial charge < -0.3 is 31.9 Å². The minimum atomic E-state index is -0.332. The number of fused-ring (bicyclic) bond motifs is 3. The quantitative estimate of drug-likeness (QED) is 0.0446. The van der Waals surface area contributed by atoms with Gasteiger partial charge in [0.2, 0.25) is 0 Å². The number of hydrogen-bond donors (Lipinski definition) is 6. The van der Waals surface area contributed by atoms with Crippen molar-refractivity contribution in [3.63, 3.8) is 0 Å². The zero-order chi connectivity index (χ0) is 66.9. The van der Waals surface area contributed by atoms with Crippen LogP contribution in [0.5, 0.6) is 0 Å². The molecule has 3 amide bonds. The smallest absolute Gasteiger partial charge is 0.251 e. The van der Waals surface area contributed by atoms with Gasteiger partial charge in [0.1, 0.15) is 34.9 Å². The van der Waals surface area contributed by atoms with Gasteiger partial charge in [-0.1, -0.05) is 85.6 Å². The van der Waals surface area contributed by atoms with Crippen LogP contribution in [-0.4, -0.2) is 80.1 Å². The summed E-state index contributed by atoms with van der Waals surface area (Å²) in [7, 11) is 0. The number of aromatic nitrogens is 9. The fraction of sp³-hybridized carbons (Fsp3) is 0.219. The summed E-state index contributed by atoms with van der Waals surface area (Å²) in [5, 5.41) is 32.3. The lowest BCUT2D eigenvalue weighted by molar-refractivity contribution is 0.0913. The van der Waals surface area contributed by atoms with Crippen molar-refractivity contribution >= 4 is 99.9 Å². The van der Waals surface area contributed by atoms with Crippen LogP contribution in [0.4, 0.5) is 30.6 Å². The molecule has 492 valence electrons. The molecule has 3 aliphatic carbocycles. The Kier molecular flexibility index (Phi) is 20.4. The van der Waals surface area contributed by atoms with Crippen molar-refractivity contribution in [1.82, 2.24) is 59.7 Å². The van der Waals surface area contributed by atoms with E-state index >= 15 is 0 Å². The Bertz CT molecular complexity index is 4820. The monoisotopic (exact) mass is 1490 g/mol. The number of carbonyl (C=O) groups excluding carboxylic acids is 3. The van der Waals surface area contributed by atoms with Crippen molar-refractivity contribution in [1.29, 1.82) is 0 Å². The molecule has 6 aromatic carbocycles. The Morgan fingerprint density at radius 3 is 1.04 bits per heavy atom. The summed E-state index contributed by atoms with van der Waals surface area (Å²) in [6, 6.07) is 48.3. The summed E-state index contributed by atoms with van der Waals surface area (Å²) in [6.45, 7) is 2.29. The Morgan fingerprint density at radius 1 is 0.412 bits per heavy atom.